The van der Waals surface area contributed by atoms with E-state index in [4.69, 9.17) is 9.84 Å². The second-order valence-corrected chi connectivity index (χ2v) is 3.91. The number of hydrogen-bond donors (Lipinski definition) is 1. The van der Waals surface area contributed by atoms with Gasteiger partial charge in [0.15, 0.2) is 6.10 Å². The molecule has 1 aromatic heterocycles. The van der Waals surface area contributed by atoms with Crippen LogP contribution in [0.2, 0.25) is 0 Å². The highest BCUT2D eigenvalue weighted by Gasteiger charge is 2.16. The number of unbranched alkanes of at least 4 members (excludes halogenated alkanes) is 1. The Labute approximate surface area is 102 Å². The first kappa shape index (κ1) is 13.6. The van der Waals surface area contributed by atoms with Crippen molar-refractivity contribution in [1.29, 1.82) is 0 Å². The highest BCUT2D eigenvalue weighted by molar-refractivity contribution is 5.72. The highest BCUT2D eigenvalue weighted by Crippen LogP contribution is 2.06. The molecule has 0 aliphatic heterocycles. The van der Waals surface area contributed by atoms with Gasteiger partial charge in [-0.25, -0.2) is 4.79 Å². The monoisotopic (exact) mass is 237 g/mol. The number of carboxylic acid groups (broad SMARTS) is 1. The molecule has 4 heteroatoms. The lowest BCUT2D eigenvalue weighted by Crippen LogP contribution is -2.24. The first-order valence-corrected chi connectivity index (χ1v) is 5.98. The van der Waals surface area contributed by atoms with Gasteiger partial charge in [-0.15, -0.1) is 0 Å². The lowest BCUT2D eigenvalue weighted by Gasteiger charge is -2.12. The lowest BCUT2D eigenvalue weighted by atomic mass is 10.1. The van der Waals surface area contributed by atoms with Gasteiger partial charge in [0.05, 0.1) is 6.61 Å². The van der Waals surface area contributed by atoms with E-state index in [0.29, 0.717) is 19.4 Å². The number of hydrogen-bond acceptors (Lipinski definition) is 3. The van der Waals surface area contributed by atoms with Crippen LogP contribution in [0.25, 0.3) is 0 Å². The normalized spacial score (nSPS) is 12.3. The fraction of sp³-hybridized carbons (Fsp3) is 0.538. The number of aromatic nitrogens is 1. The predicted octanol–water partition coefficient (Wildman–Crippen LogP) is 2.28. The molecule has 0 fully saturated rings. The van der Waals surface area contributed by atoms with E-state index in [0.717, 1.165) is 18.5 Å². The third-order valence-corrected chi connectivity index (χ3v) is 2.50. The van der Waals surface area contributed by atoms with Crippen LogP contribution in [-0.2, 0) is 16.0 Å². The van der Waals surface area contributed by atoms with Crippen molar-refractivity contribution in [3.05, 3.63) is 30.1 Å². The molecule has 0 radical (unpaired) electrons. The zero-order valence-electron chi connectivity index (χ0n) is 10.1. The molecule has 17 heavy (non-hydrogen) atoms. The summed E-state index contributed by atoms with van der Waals surface area (Å²) >= 11 is 0. The van der Waals surface area contributed by atoms with Gasteiger partial charge in [-0.3, -0.25) is 4.98 Å². The van der Waals surface area contributed by atoms with Crippen LogP contribution in [0, 0.1) is 0 Å². The first-order valence-electron chi connectivity index (χ1n) is 5.98. The third kappa shape index (κ3) is 5.45. The molecule has 1 atom stereocenters. The second kappa shape index (κ2) is 7.79. The van der Waals surface area contributed by atoms with Crippen molar-refractivity contribution in [3.63, 3.8) is 0 Å². The molecule has 4 nitrogen and oxygen atoms in total. The number of ether oxygens (including phenoxy) is 1. The summed E-state index contributed by atoms with van der Waals surface area (Å²) in [6.07, 6.45) is 4.12. The molecule has 0 aliphatic carbocycles. The van der Waals surface area contributed by atoms with E-state index >= 15 is 0 Å². The Morgan fingerprint density at radius 2 is 2.35 bits per heavy atom. The fourth-order valence-corrected chi connectivity index (χ4v) is 1.52. The largest absolute Gasteiger partial charge is 0.479 e. The Kier molecular flexibility index (Phi) is 6.25. The van der Waals surface area contributed by atoms with E-state index < -0.39 is 12.1 Å². The smallest absolute Gasteiger partial charge is 0.332 e. The topological polar surface area (TPSA) is 59.4 Å². The second-order valence-electron chi connectivity index (χ2n) is 3.91. The van der Waals surface area contributed by atoms with Crippen LogP contribution >= 0.6 is 0 Å². The Morgan fingerprint density at radius 3 is 2.94 bits per heavy atom. The van der Waals surface area contributed by atoms with E-state index in [9.17, 15) is 4.79 Å². The average molecular weight is 237 g/mol. The van der Waals surface area contributed by atoms with Gasteiger partial charge in [-0.1, -0.05) is 25.8 Å². The van der Waals surface area contributed by atoms with Crippen molar-refractivity contribution >= 4 is 5.97 Å². The quantitative estimate of drug-likeness (QED) is 0.753. The fourth-order valence-electron chi connectivity index (χ4n) is 1.52. The molecule has 0 saturated carbocycles. The summed E-state index contributed by atoms with van der Waals surface area (Å²) in [4.78, 5) is 15.1. The summed E-state index contributed by atoms with van der Waals surface area (Å²) in [6.45, 7) is 2.44. The van der Waals surface area contributed by atoms with Crippen LogP contribution < -0.4 is 0 Å². The minimum atomic E-state index is -0.875. The third-order valence-electron chi connectivity index (χ3n) is 2.50. The van der Waals surface area contributed by atoms with Gasteiger partial charge >= 0.3 is 5.97 Å². The van der Waals surface area contributed by atoms with Crippen LogP contribution in [0.5, 0.6) is 0 Å². The predicted molar refractivity (Wildman–Crippen MR) is 64.8 cm³/mol. The van der Waals surface area contributed by atoms with E-state index in [2.05, 4.69) is 4.98 Å². The van der Waals surface area contributed by atoms with Gasteiger partial charge in [-0.05, 0) is 18.6 Å². The van der Waals surface area contributed by atoms with Gasteiger partial charge < -0.3 is 9.84 Å². The van der Waals surface area contributed by atoms with Gasteiger partial charge in [-0.2, -0.15) is 0 Å². The minimum Gasteiger partial charge on any atom is -0.479 e. The first-order chi connectivity index (χ1) is 8.24. The van der Waals surface area contributed by atoms with Crippen molar-refractivity contribution < 1.29 is 14.6 Å². The molecule has 1 rings (SSSR count). The maximum Gasteiger partial charge on any atom is 0.332 e. The highest BCUT2D eigenvalue weighted by atomic mass is 16.5. The molecule has 1 unspecified atom stereocenters. The van der Waals surface area contributed by atoms with E-state index in [1.165, 1.54) is 0 Å². The standard InChI is InChI=1S/C13H19NO3/c1-2-3-7-12(13(15)16)17-10-8-11-6-4-5-9-14-11/h4-6,9,12H,2-3,7-8,10H2,1H3,(H,15,16). The molecule has 0 amide bonds. The number of rotatable bonds is 8. The van der Waals surface area contributed by atoms with E-state index in [-0.39, 0.29) is 0 Å². The molecular weight excluding hydrogens is 218 g/mol. The molecule has 1 N–H and O–H groups in total. The van der Waals surface area contributed by atoms with E-state index in [1.54, 1.807) is 6.20 Å². The van der Waals surface area contributed by atoms with Crippen LogP contribution in [0.4, 0.5) is 0 Å². The molecule has 0 aromatic carbocycles. The maximum atomic E-state index is 10.9. The Balaban J connectivity index is 2.29. The van der Waals surface area contributed by atoms with Gasteiger partial charge in [0.25, 0.3) is 0 Å². The summed E-state index contributed by atoms with van der Waals surface area (Å²) in [6, 6.07) is 5.67. The van der Waals surface area contributed by atoms with Crippen LogP contribution in [0.1, 0.15) is 31.9 Å². The van der Waals surface area contributed by atoms with Crippen molar-refractivity contribution in [2.24, 2.45) is 0 Å². The minimum absolute atomic E-state index is 0.400. The van der Waals surface area contributed by atoms with Crippen molar-refractivity contribution in [2.45, 2.75) is 38.7 Å². The van der Waals surface area contributed by atoms with Crippen molar-refractivity contribution in [2.75, 3.05) is 6.61 Å². The molecule has 1 aromatic rings. The van der Waals surface area contributed by atoms with Crippen LogP contribution in [-0.4, -0.2) is 28.8 Å². The molecule has 94 valence electrons. The summed E-state index contributed by atoms with van der Waals surface area (Å²) in [5.74, 6) is -0.875. The summed E-state index contributed by atoms with van der Waals surface area (Å²) in [5.41, 5.74) is 0.923. The zero-order chi connectivity index (χ0) is 12.5. The number of aliphatic carboxylic acids is 1. The van der Waals surface area contributed by atoms with Gasteiger partial charge in [0.2, 0.25) is 0 Å². The molecular formula is C13H19NO3. The Hall–Kier alpha value is -1.42. The van der Waals surface area contributed by atoms with Crippen molar-refractivity contribution in [1.82, 2.24) is 4.98 Å². The number of pyridine rings is 1. The molecule has 0 saturated heterocycles. The summed E-state index contributed by atoms with van der Waals surface area (Å²) < 4.78 is 5.37. The average Bonchev–Trinajstić information content (AvgIpc) is 2.34. The van der Waals surface area contributed by atoms with Crippen LogP contribution in [0.15, 0.2) is 24.4 Å². The van der Waals surface area contributed by atoms with Gasteiger partial charge in [0.1, 0.15) is 0 Å². The van der Waals surface area contributed by atoms with Crippen LogP contribution in [0.3, 0.4) is 0 Å². The zero-order valence-corrected chi connectivity index (χ0v) is 10.1. The molecule has 0 bridgehead atoms. The Morgan fingerprint density at radius 1 is 1.53 bits per heavy atom. The number of carboxylic acids is 1. The summed E-state index contributed by atoms with van der Waals surface area (Å²) in [7, 11) is 0. The maximum absolute atomic E-state index is 10.9. The molecule has 0 aliphatic rings. The number of nitrogens with zero attached hydrogens (tertiary/aromatic N) is 1. The SMILES string of the molecule is CCCCC(OCCc1ccccn1)C(=O)O. The molecule has 1 heterocycles. The lowest BCUT2D eigenvalue weighted by molar-refractivity contribution is -0.150. The Bertz CT molecular complexity index is 327. The number of carbonyl (C=O) groups is 1. The van der Waals surface area contributed by atoms with Crippen molar-refractivity contribution in [3.8, 4) is 0 Å². The van der Waals surface area contributed by atoms with Gasteiger partial charge in [0, 0.05) is 18.3 Å². The summed E-state index contributed by atoms with van der Waals surface area (Å²) in [5, 5.41) is 8.96. The van der Waals surface area contributed by atoms with E-state index in [1.807, 2.05) is 25.1 Å². The molecule has 0 spiro atoms.